The number of aromatic nitrogens is 3. The van der Waals surface area contributed by atoms with Gasteiger partial charge < -0.3 is 20.4 Å². The van der Waals surface area contributed by atoms with Crippen molar-refractivity contribution in [2.24, 2.45) is 0 Å². The van der Waals surface area contributed by atoms with E-state index in [2.05, 4.69) is 15.3 Å². The molecular formula is C24H22F4N4O3. The molecule has 0 aliphatic heterocycles. The van der Waals surface area contributed by atoms with Gasteiger partial charge in [-0.15, -0.1) is 0 Å². The Bertz CT molecular complexity index is 1330. The van der Waals surface area contributed by atoms with Crippen LogP contribution in [0, 0.1) is 5.82 Å². The van der Waals surface area contributed by atoms with Crippen molar-refractivity contribution in [2.45, 2.75) is 43.8 Å². The predicted molar refractivity (Wildman–Crippen MR) is 121 cm³/mol. The van der Waals surface area contributed by atoms with E-state index in [1.54, 1.807) is 12.1 Å². The third-order valence-corrected chi connectivity index (χ3v) is 5.88. The molecule has 1 amide bonds. The number of fused-ring (bicyclic) bond motifs is 2. The van der Waals surface area contributed by atoms with Gasteiger partial charge in [0.2, 0.25) is 0 Å². The van der Waals surface area contributed by atoms with Crippen LogP contribution >= 0.6 is 0 Å². The summed E-state index contributed by atoms with van der Waals surface area (Å²) in [6.07, 6.45) is -1.15. The zero-order chi connectivity index (χ0) is 25.2. The van der Waals surface area contributed by atoms with Crippen molar-refractivity contribution in [1.29, 1.82) is 0 Å². The maximum absolute atomic E-state index is 13.4. The number of benzene rings is 2. The lowest BCUT2D eigenvalue weighted by molar-refractivity contribution is -0.192. The smallest absolute Gasteiger partial charge is 0.475 e. The molecule has 1 aliphatic rings. The minimum absolute atomic E-state index is 0.0996. The second-order valence-electron chi connectivity index (χ2n) is 8.39. The lowest BCUT2D eigenvalue weighted by atomic mass is 9.85. The van der Waals surface area contributed by atoms with Gasteiger partial charge in [-0.1, -0.05) is 18.6 Å². The van der Waals surface area contributed by atoms with Crippen molar-refractivity contribution >= 4 is 33.8 Å². The average molecular weight is 490 g/mol. The molecule has 0 unspecified atom stereocenters. The number of carboxylic acids is 1. The first-order valence-electron chi connectivity index (χ1n) is 10.9. The van der Waals surface area contributed by atoms with Gasteiger partial charge in [0.05, 0.1) is 11.0 Å². The van der Waals surface area contributed by atoms with Crippen molar-refractivity contribution in [2.75, 3.05) is 0 Å². The maximum Gasteiger partial charge on any atom is 0.490 e. The monoisotopic (exact) mass is 490 g/mol. The van der Waals surface area contributed by atoms with E-state index in [0.717, 1.165) is 47.9 Å². The molecule has 11 heteroatoms. The molecular weight excluding hydrogens is 468 g/mol. The zero-order valence-electron chi connectivity index (χ0n) is 18.3. The Morgan fingerprint density at radius 2 is 1.77 bits per heavy atom. The highest BCUT2D eigenvalue weighted by atomic mass is 19.4. The maximum atomic E-state index is 13.4. The molecule has 4 aromatic rings. The summed E-state index contributed by atoms with van der Waals surface area (Å²) in [5, 5.41) is 11.1. The van der Waals surface area contributed by atoms with Gasteiger partial charge in [-0.2, -0.15) is 13.2 Å². The van der Waals surface area contributed by atoms with Crippen molar-refractivity contribution in [3.8, 4) is 0 Å². The number of hydrogen-bond acceptors (Lipinski definition) is 3. The molecule has 1 aliphatic carbocycles. The molecule has 0 spiro atoms. The first-order valence-corrected chi connectivity index (χ1v) is 10.9. The van der Waals surface area contributed by atoms with Crippen molar-refractivity contribution in [1.82, 2.24) is 20.3 Å². The molecule has 1 saturated carbocycles. The van der Waals surface area contributed by atoms with Gasteiger partial charge in [0.1, 0.15) is 17.3 Å². The van der Waals surface area contributed by atoms with E-state index in [-0.39, 0.29) is 17.8 Å². The molecule has 2 heterocycles. The predicted octanol–water partition coefficient (Wildman–Crippen LogP) is 5.27. The first-order chi connectivity index (χ1) is 16.6. The fraction of sp³-hybridized carbons (Fsp3) is 0.292. The van der Waals surface area contributed by atoms with E-state index in [1.165, 1.54) is 12.1 Å². The molecule has 2 aromatic carbocycles. The minimum atomic E-state index is -5.08. The van der Waals surface area contributed by atoms with Crippen LogP contribution in [0.3, 0.4) is 0 Å². The zero-order valence-corrected chi connectivity index (χ0v) is 18.3. The van der Waals surface area contributed by atoms with Crippen LogP contribution < -0.4 is 5.32 Å². The molecule has 0 saturated heterocycles. The number of hydrogen-bond donors (Lipinski definition) is 4. The summed E-state index contributed by atoms with van der Waals surface area (Å²) in [4.78, 5) is 32.8. The number of alkyl halides is 3. The number of imidazole rings is 1. The topological polar surface area (TPSA) is 111 Å². The van der Waals surface area contributed by atoms with Gasteiger partial charge >= 0.3 is 12.1 Å². The van der Waals surface area contributed by atoms with Gasteiger partial charge in [0, 0.05) is 22.9 Å². The van der Waals surface area contributed by atoms with E-state index in [9.17, 15) is 22.4 Å². The number of H-pyrrole nitrogens is 2. The Morgan fingerprint density at radius 1 is 1.03 bits per heavy atom. The molecule has 1 fully saturated rings. The number of nitrogens with one attached hydrogen (secondary N) is 3. The highest BCUT2D eigenvalue weighted by Gasteiger charge is 2.38. The average Bonchev–Trinajstić information content (AvgIpc) is 3.43. The highest BCUT2D eigenvalue weighted by Crippen LogP contribution is 2.32. The molecule has 0 bridgehead atoms. The number of carbonyl (C=O) groups is 2. The highest BCUT2D eigenvalue weighted by molar-refractivity contribution is 5.98. The number of rotatable bonds is 3. The van der Waals surface area contributed by atoms with Crippen LogP contribution in [0.5, 0.6) is 0 Å². The number of aliphatic carboxylic acids is 1. The van der Waals surface area contributed by atoms with E-state index in [0.29, 0.717) is 17.1 Å². The molecule has 184 valence electrons. The fourth-order valence-electron chi connectivity index (χ4n) is 4.22. The van der Waals surface area contributed by atoms with Gasteiger partial charge in [-0.05, 0) is 55.7 Å². The van der Waals surface area contributed by atoms with Crippen LogP contribution in [0.2, 0.25) is 0 Å². The van der Waals surface area contributed by atoms with Gasteiger partial charge in [0.15, 0.2) is 0 Å². The third-order valence-electron chi connectivity index (χ3n) is 5.88. The largest absolute Gasteiger partial charge is 0.490 e. The Kier molecular flexibility index (Phi) is 6.77. The third kappa shape index (κ3) is 5.79. The minimum Gasteiger partial charge on any atom is -0.475 e. The van der Waals surface area contributed by atoms with Gasteiger partial charge in [-0.25, -0.2) is 14.2 Å². The van der Waals surface area contributed by atoms with Crippen LogP contribution in [-0.4, -0.2) is 44.2 Å². The van der Waals surface area contributed by atoms with Crippen LogP contribution in [0.15, 0.2) is 48.5 Å². The number of carbonyl (C=O) groups excluding carboxylic acids is 1. The Labute approximate surface area is 196 Å². The molecule has 5 rings (SSSR count). The van der Waals surface area contributed by atoms with E-state index < -0.39 is 12.1 Å². The van der Waals surface area contributed by atoms with Crippen molar-refractivity contribution in [3.05, 3.63) is 65.9 Å². The second-order valence-corrected chi connectivity index (χ2v) is 8.39. The van der Waals surface area contributed by atoms with Crippen LogP contribution in [0.4, 0.5) is 17.6 Å². The lowest BCUT2D eigenvalue weighted by Gasteiger charge is -2.28. The number of nitrogens with zero attached hydrogens (tertiary/aromatic N) is 1. The summed E-state index contributed by atoms with van der Waals surface area (Å²) in [5.41, 5.74) is 3.13. The summed E-state index contributed by atoms with van der Waals surface area (Å²) in [6.45, 7) is 0. The summed E-state index contributed by atoms with van der Waals surface area (Å²) in [7, 11) is 0. The Morgan fingerprint density at radius 3 is 2.49 bits per heavy atom. The van der Waals surface area contributed by atoms with Crippen molar-refractivity contribution in [3.63, 3.8) is 0 Å². The second kappa shape index (κ2) is 9.77. The summed E-state index contributed by atoms with van der Waals surface area (Å²) < 4.78 is 45.1. The number of halogens is 4. The number of carboxylic acid groups (broad SMARTS) is 1. The Hall–Kier alpha value is -3.89. The molecule has 2 atom stereocenters. The first kappa shape index (κ1) is 24.2. The van der Waals surface area contributed by atoms with E-state index in [1.807, 2.05) is 24.3 Å². The SMILES string of the molecule is O=C(N[C@@H]1CCC[C@H](c2nc3ccccc3[nH]2)C1)c1cc2ccc(F)cc2[nH]1.O=C(O)C(F)(F)F. The lowest BCUT2D eigenvalue weighted by Crippen LogP contribution is -2.38. The molecule has 0 radical (unpaired) electrons. The fourth-order valence-corrected chi connectivity index (χ4v) is 4.22. The normalized spacial score (nSPS) is 18.2. The Balaban J connectivity index is 0.000000364. The van der Waals surface area contributed by atoms with E-state index >= 15 is 0 Å². The molecule has 4 N–H and O–H groups in total. The quantitative estimate of drug-likeness (QED) is 0.293. The van der Waals surface area contributed by atoms with Crippen LogP contribution in [0.1, 0.15) is 47.9 Å². The molecule has 2 aromatic heterocycles. The van der Waals surface area contributed by atoms with Gasteiger partial charge in [-0.3, -0.25) is 4.79 Å². The van der Waals surface area contributed by atoms with Crippen LogP contribution in [-0.2, 0) is 4.79 Å². The summed E-state index contributed by atoms with van der Waals surface area (Å²) in [6, 6.07) is 14.4. The number of para-hydroxylation sites is 2. The van der Waals surface area contributed by atoms with Crippen molar-refractivity contribution < 1.29 is 32.3 Å². The summed E-state index contributed by atoms with van der Waals surface area (Å²) in [5.74, 6) is -1.91. The number of amides is 1. The van der Waals surface area contributed by atoms with Crippen LogP contribution in [0.25, 0.3) is 21.9 Å². The molecule has 35 heavy (non-hydrogen) atoms. The molecule has 7 nitrogen and oxygen atoms in total. The van der Waals surface area contributed by atoms with E-state index in [4.69, 9.17) is 14.9 Å². The van der Waals surface area contributed by atoms with Gasteiger partial charge in [0.25, 0.3) is 5.91 Å². The number of aromatic amines is 2. The summed E-state index contributed by atoms with van der Waals surface area (Å²) >= 11 is 0. The standard InChI is InChI=1S/C22H21FN4O.C2HF3O2/c23-15-9-8-13-11-20(25-19(13)12-15)22(28)24-16-5-3-4-14(10-16)21-26-17-6-1-2-7-18(17)27-21;3-2(4,5)1(6)7/h1-2,6-9,11-12,14,16,25H,3-5,10H2,(H,24,28)(H,26,27);(H,6,7)/t14-,16+;/m0./s1.